The average molecular weight is 487 g/mol. The third kappa shape index (κ3) is 5.78. The van der Waals surface area contributed by atoms with E-state index in [1.165, 1.54) is 31.2 Å². The predicted molar refractivity (Wildman–Crippen MR) is 126 cm³/mol. The predicted octanol–water partition coefficient (Wildman–Crippen LogP) is 3.64. The summed E-state index contributed by atoms with van der Waals surface area (Å²) in [5, 5.41) is 12.6. The van der Waals surface area contributed by atoms with Gasteiger partial charge in [-0.15, -0.1) is 0 Å². The number of hydrogen-bond acceptors (Lipinski definition) is 5. The van der Waals surface area contributed by atoms with Gasteiger partial charge in [0, 0.05) is 17.6 Å². The van der Waals surface area contributed by atoms with Gasteiger partial charge in [-0.25, -0.2) is 12.7 Å². The first kappa shape index (κ1) is 24.4. The van der Waals surface area contributed by atoms with Gasteiger partial charge in [0.2, 0.25) is 11.8 Å². The van der Waals surface area contributed by atoms with E-state index in [2.05, 4.69) is 5.32 Å². The van der Waals surface area contributed by atoms with Crippen LogP contribution in [-0.4, -0.2) is 42.8 Å². The first-order valence-corrected chi connectivity index (χ1v) is 11.9. The molecule has 0 saturated heterocycles. The molecule has 0 spiro atoms. The normalized spacial score (nSPS) is 12.1. The Morgan fingerprint density at radius 2 is 1.52 bits per heavy atom. The molecule has 0 bridgehead atoms. The van der Waals surface area contributed by atoms with E-state index in [0.29, 0.717) is 26.1 Å². The van der Waals surface area contributed by atoms with Crippen LogP contribution < -0.4 is 5.32 Å². The van der Waals surface area contributed by atoms with Crippen molar-refractivity contribution < 1.29 is 23.1 Å². The van der Waals surface area contributed by atoms with Gasteiger partial charge in [-0.2, -0.15) is 0 Å². The molecule has 0 aliphatic rings. The minimum Gasteiger partial charge on any atom is -0.394 e. The first-order chi connectivity index (χ1) is 15.7. The van der Waals surface area contributed by atoms with Crippen LogP contribution in [0.2, 0.25) is 5.02 Å². The highest BCUT2D eigenvalue weighted by Gasteiger charge is 2.35. The summed E-state index contributed by atoms with van der Waals surface area (Å²) in [5.74, 6) is -1.93. The van der Waals surface area contributed by atoms with Gasteiger partial charge in [0.25, 0.3) is 10.0 Å². The largest absolute Gasteiger partial charge is 0.394 e. The summed E-state index contributed by atoms with van der Waals surface area (Å²) >= 11 is 6.00. The van der Waals surface area contributed by atoms with Crippen LogP contribution in [0.5, 0.6) is 0 Å². The fourth-order valence-electron chi connectivity index (χ4n) is 3.40. The number of hydrogen-bond donors (Lipinski definition) is 2. The first-order valence-electron chi connectivity index (χ1n) is 10.1. The number of aliphatic hydroxyl groups is 1. The lowest BCUT2D eigenvalue weighted by Gasteiger charge is -2.27. The number of carbonyl (C=O) groups is 2. The Hall–Kier alpha value is -3.20. The molecular weight excluding hydrogens is 464 g/mol. The van der Waals surface area contributed by atoms with Gasteiger partial charge in [0.05, 0.1) is 24.0 Å². The van der Waals surface area contributed by atoms with Crippen molar-refractivity contribution in [2.45, 2.75) is 17.7 Å². The van der Waals surface area contributed by atoms with Crippen molar-refractivity contribution in [3.05, 3.63) is 95.0 Å². The van der Waals surface area contributed by atoms with Crippen molar-refractivity contribution in [1.82, 2.24) is 4.31 Å². The van der Waals surface area contributed by atoms with Crippen molar-refractivity contribution >= 4 is 39.1 Å². The quantitative estimate of drug-likeness (QED) is 0.506. The van der Waals surface area contributed by atoms with E-state index in [4.69, 9.17) is 11.6 Å². The molecule has 9 heteroatoms. The van der Waals surface area contributed by atoms with E-state index >= 15 is 0 Å². The molecule has 2 N–H and O–H groups in total. The van der Waals surface area contributed by atoms with E-state index in [0.717, 1.165) is 0 Å². The Morgan fingerprint density at radius 1 is 0.939 bits per heavy atom. The van der Waals surface area contributed by atoms with E-state index in [1.54, 1.807) is 54.6 Å². The highest BCUT2D eigenvalue weighted by atomic mass is 35.5. The van der Waals surface area contributed by atoms with Crippen LogP contribution in [0.4, 0.5) is 5.69 Å². The molecule has 0 heterocycles. The van der Waals surface area contributed by atoms with Crippen LogP contribution in [0, 0.1) is 0 Å². The summed E-state index contributed by atoms with van der Waals surface area (Å²) in [5.41, 5.74) is 1.59. The molecule has 3 rings (SSSR count). The number of carbonyl (C=O) groups excluding carboxylic acids is 2. The van der Waals surface area contributed by atoms with E-state index in [-0.39, 0.29) is 10.8 Å². The smallest absolute Gasteiger partial charge is 0.266 e. The molecule has 0 saturated carbocycles. The molecule has 172 valence electrons. The number of anilines is 1. The minimum absolute atomic E-state index is 0.138. The maximum Gasteiger partial charge on any atom is 0.266 e. The highest BCUT2D eigenvalue weighted by molar-refractivity contribution is 7.89. The monoisotopic (exact) mass is 486 g/mol. The molecule has 0 aliphatic carbocycles. The molecule has 1 unspecified atom stereocenters. The second-order valence-electron chi connectivity index (χ2n) is 7.24. The summed E-state index contributed by atoms with van der Waals surface area (Å²) in [6.07, 6.45) is 0. The third-order valence-electron chi connectivity index (χ3n) is 4.89. The molecule has 0 radical (unpaired) electrons. The van der Waals surface area contributed by atoms with Crippen LogP contribution in [0.15, 0.2) is 83.8 Å². The van der Waals surface area contributed by atoms with E-state index in [9.17, 15) is 23.1 Å². The van der Waals surface area contributed by atoms with Crippen LogP contribution in [0.1, 0.15) is 24.0 Å². The van der Waals surface area contributed by atoms with Gasteiger partial charge >= 0.3 is 0 Å². The van der Waals surface area contributed by atoms with Gasteiger partial charge in [0.1, 0.15) is 0 Å². The number of nitrogens with zero attached hydrogens (tertiary/aromatic N) is 1. The Kier molecular flexibility index (Phi) is 7.86. The van der Waals surface area contributed by atoms with Crippen molar-refractivity contribution in [1.29, 1.82) is 0 Å². The van der Waals surface area contributed by atoms with Crippen molar-refractivity contribution in [3.63, 3.8) is 0 Å². The molecule has 0 aromatic heterocycles. The number of amides is 2. The average Bonchev–Trinajstić information content (AvgIpc) is 2.79. The topological polar surface area (TPSA) is 104 Å². The summed E-state index contributed by atoms with van der Waals surface area (Å²) in [6, 6.07) is 20.9. The van der Waals surface area contributed by atoms with Crippen molar-refractivity contribution in [2.24, 2.45) is 0 Å². The lowest BCUT2D eigenvalue weighted by molar-refractivity contribution is -0.127. The van der Waals surface area contributed by atoms with Gasteiger partial charge in [-0.3, -0.25) is 9.59 Å². The van der Waals surface area contributed by atoms with E-state index < -0.39 is 35.0 Å². The summed E-state index contributed by atoms with van der Waals surface area (Å²) in [6.45, 7) is 0.384. The Labute approximate surface area is 197 Å². The zero-order valence-electron chi connectivity index (χ0n) is 17.8. The summed E-state index contributed by atoms with van der Waals surface area (Å²) in [4.78, 5) is 24.8. The maximum absolute atomic E-state index is 13.7. The Balaban J connectivity index is 2.04. The van der Waals surface area contributed by atoms with Gasteiger partial charge < -0.3 is 10.4 Å². The fraction of sp³-hybridized carbons (Fsp3) is 0.167. The third-order valence-corrected chi connectivity index (χ3v) is 6.96. The highest BCUT2D eigenvalue weighted by Crippen LogP contribution is 2.30. The molecule has 2 amide bonds. The SMILES string of the molecule is CC(=O)Nc1ccc(S(=O)(=O)N(CCO)C(=O)C(c2ccccc2)c2ccc(Cl)cc2)cc1. The number of sulfonamides is 1. The van der Waals surface area contributed by atoms with Crippen LogP contribution >= 0.6 is 11.6 Å². The number of nitrogens with one attached hydrogen (secondary N) is 1. The van der Waals surface area contributed by atoms with Crippen LogP contribution in [-0.2, 0) is 19.6 Å². The molecule has 0 fully saturated rings. The lowest BCUT2D eigenvalue weighted by Crippen LogP contribution is -2.42. The van der Waals surface area contributed by atoms with Crippen LogP contribution in [0.25, 0.3) is 0 Å². The number of benzene rings is 3. The van der Waals surface area contributed by atoms with Crippen LogP contribution in [0.3, 0.4) is 0 Å². The second-order valence-corrected chi connectivity index (χ2v) is 9.54. The van der Waals surface area contributed by atoms with Crippen molar-refractivity contribution in [3.8, 4) is 0 Å². The molecule has 3 aromatic rings. The minimum atomic E-state index is -4.29. The zero-order valence-corrected chi connectivity index (χ0v) is 19.4. The zero-order chi connectivity index (χ0) is 24.0. The van der Waals surface area contributed by atoms with Gasteiger partial charge in [-0.05, 0) is 47.5 Å². The summed E-state index contributed by atoms with van der Waals surface area (Å²) < 4.78 is 27.5. The molecule has 7 nitrogen and oxygen atoms in total. The second kappa shape index (κ2) is 10.6. The van der Waals surface area contributed by atoms with Gasteiger partial charge in [-0.1, -0.05) is 54.1 Å². The van der Waals surface area contributed by atoms with E-state index in [1.807, 2.05) is 0 Å². The molecule has 33 heavy (non-hydrogen) atoms. The Bertz CT molecular complexity index is 1210. The molecular formula is C24H23ClN2O5S. The standard InChI is InChI=1S/C24H23ClN2O5S/c1-17(29)26-21-11-13-22(14-12-21)33(31,32)27(15-16-28)24(30)23(18-5-3-2-4-6-18)19-7-9-20(25)10-8-19/h2-14,23,28H,15-16H2,1H3,(H,26,29). The lowest BCUT2D eigenvalue weighted by atomic mass is 9.90. The van der Waals surface area contributed by atoms with Crippen molar-refractivity contribution in [2.75, 3.05) is 18.5 Å². The van der Waals surface area contributed by atoms with Gasteiger partial charge in [0.15, 0.2) is 0 Å². The fourth-order valence-corrected chi connectivity index (χ4v) is 4.93. The number of rotatable bonds is 8. The molecule has 1 atom stereocenters. The molecule has 0 aliphatic heterocycles. The maximum atomic E-state index is 13.7. The number of aliphatic hydroxyl groups excluding tert-OH is 1. The summed E-state index contributed by atoms with van der Waals surface area (Å²) in [7, 11) is -4.29. The molecule has 3 aromatic carbocycles. The number of halogens is 1. The Morgan fingerprint density at radius 3 is 2.06 bits per heavy atom.